The fraction of sp³-hybridized carbons (Fsp3) is 0.125. The highest BCUT2D eigenvalue weighted by Crippen LogP contribution is 2.29. The molecule has 1 amide bonds. The van der Waals surface area contributed by atoms with Crippen molar-refractivity contribution in [2.24, 2.45) is 0 Å². The van der Waals surface area contributed by atoms with E-state index in [2.05, 4.69) is 10.3 Å². The standard InChI is InChI=1S/C24H18ClN3O5S/c25-17-11-10-16(14-19(17)28(31)32)26-24(30)23(15-6-2-1-3-7-15)33-22(29)13-12-21-27-18-8-4-5-9-20(18)34-21/h1-11,14,23H,12-13H2,(H,26,30). The molecule has 0 aliphatic carbocycles. The van der Waals surface area contributed by atoms with Crippen LogP contribution < -0.4 is 5.32 Å². The van der Waals surface area contributed by atoms with Gasteiger partial charge in [0.2, 0.25) is 6.10 Å². The van der Waals surface area contributed by atoms with Gasteiger partial charge in [-0.2, -0.15) is 0 Å². The van der Waals surface area contributed by atoms with E-state index in [-0.39, 0.29) is 22.8 Å². The number of nitrogens with one attached hydrogen (secondary N) is 1. The van der Waals surface area contributed by atoms with E-state index >= 15 is 0 Å². The fourth-order valence-corrected chi connectivity index (χ4v) is 4.42. The minimum atomic E-state index is -1.24. The van der Waals surface area contributed by atoms with Gasteiger partial charge in [-0.05, 0) is 24.3 Å². The number of halogens is 1. The number of nitro groups is 1. The smallest absolute Gasteiger partial charge is 0.307 e. The molecule has 1 unspecified atom stereocenters. The summed E-state index contributed by atoms with van der Waals surface area (Å²) >= 11 is 7.34. The lowest BCUT2D eigenvalue weighted by Gasteiger charge is -2.18. The van der Waals surface area contributed by atoms with Crippen molar-refractivity contribution in [2.45, 2.75) is 18.9 Å². The van der Waals surface area contributed by atoms with Crippen molar-refractivity contribution in [3.8, 4) is 0 Å². The lowest BCUT2D eigenvalue weighted by Crippen LogP contribution is -2.26. The topological polar surface area (TPSA) is 111 Å². The van der Waals surface area contributed by atoms with E-state index in [0.717, 1.165) is 21.3 Å². The first-order chi connectivity index (χ1) is 16.4. The number of nitrogens with zero attached hydrogens (tertiary/aromatic N) is 2. The highest BCUT2D eigenvalue weighted by molar-refractivity contribution is 7.18. The number of carbonyl (C=O) groups excluding carboxylic acids is 2. The van der Waals surface area contributed by atoms with Gasteiger partial charge in [-0.1, -0.05) is 54.1 Å². The van der Waals surface area contributed by atoms with Gasteiger partial charge in [-0.25, -0.2) is 4.98 Å². The van der Waals surface area contributed by atoms with Gasteiger partial charge >= 0.3 is 5.97 Å². The van der Waals surface area contributed by atoms with Gasteiger partial charge in [0.1, 0.15) is 5.02 Å². The lowest BCUT2D eigenvalue weighted by atomic mass is 10.1. The molecule has 0 aliphatic rings. The zero-order valence-electron chi connectivity index (χ0n) is 17.6. The molecule has 0 radical (unpaired) electrons. The predicted molar refractivity (Wildman–Crippen MR) is 130 cm³/mol. The number of carbonyl (C=O) groups is 2. The van der Waals surface area contributed by atoms with Crippen LogP contribution in [0.2, 0.25) is 5.02 Å². The van der Waals surface area contributed by atoms with Crippen molar-refractivity contribution in [2.75, 3.05) is 5.32 Å². The number of benzene rings is 3. The van der Waals surface area contributed by atoms with E-state index in [1.54, 1.807) is 30.3 Å². The molecule has 8 nitrogen and oxygen atoms in total. The SMILES string of the molecule is O=C(CCc1nc2ccccc2s1)OC(C(=O)Nc1ccc(Cl)c([N+](=O)[O-])c1)c1ccccc1. The molecular weight excluding hydrogens is 478 g/mol. The Kier molecular flexibility index (Phi) is 7.15. The van der Waals surface area contributed by atoms with Crippen molar-refractivity contribution >= 4 is 56.4 Å². The van der Waals surface area contributed by atoms with Crippen molar-refractivity contribution < 1.29 is 19.2 Å². The highest BCUT2D eigenvalue weighted by Gasteiger charge is 2.26. The van der Waals surface area contributed by atoms with Crippen LogP contribution in [0, 0.1) is 10.1 Å². The highest BCUT2D eigenvalue weighted by atomic mass is 35.5. The zero-order valence-corrected chi connectivity index (χ0v) is 19.2. The Balaban J connectivity index is 1.47. The molecule has 0 spiro atoms. The van der Waals surface area contributed by atoms with Gasteiger partial charge in [0.25, 0.3) is 11.6 Å². The van der Waals surface area contributed by atoms with Crippen LogP contribution in [0.3, 0.4) is 0 Å². The molecule has 1 heterocycles. The summed E-state index contributed by atoms with van der Waals surface area (Å²) in [5, 5.41) is 14.5. The molecular formula is C24H18ClN3O5S. The number of aromatic nitrogens is 1. The summed E-state index contributed by atoms with van der Waals surface area (Å²) in [6.07, 6.45) is -0.813. The molecule has 4 rings (SSSR count). The molecule has 1 aromatic heterocycles. The number of nitro benzene ring substituents is 1. The minimum Gasteiger partial charge on any atom is -0.447 e. The maximum absolute atomic E-state index is 13.0. The first kappa shape index (κ1) is 23.3. The third-order valence-electron chi connectivity index (χ3n) is 4.88. The number of aryl methyl sites for hydroxylation is 1. The third-order valence-corrected chi connectivity index (χ3v) is 6.30. The van der Waals surface area contributed by atoms with Crippen molar-refractivity contribution in [3.05, 3.63) is 98.5 Å². The molecule has 0 saturated heterocycles. The van der Waals surface area contributed by atoms with Gasteiger partial charge in [0, 0.05) is 23.7 Å². The molecule has 4 aromatic rings. The number of hydrogen-bond donors (Lipinski definition) is 1. The maximum atomic E-state index is 13.0. The number of amides is 1. The molecule has 34 heavy (non-hydrogen) atoms. The quantitative estimate of drug-likeness (QED) is 0.190. The van der Waals surface area contributed by atoms with E-state index in [1.807, 2.05) is 24.3 Å². The van der Waals surface area contributed by atoms with Crippen molar-refractivity contribution in [3.63, 3.8) is 0 Å². The van der Waals surface area contributed by atoms with Gasteiger partial charge in [0.15, 0.2) is 0 Å². The number of para-hydroxylation sites is 1. The molecule has 10 heteroatoms. The largest absolute Gasteiger partial charge is 0.447 e. The van der Waals surface area contributed by atoms with Gasteiger partial charge in [-0.15, -0.1) is 11.3 Å². The van der Waals surface area contributed by atoms with E-state index in [0.29, 0.717) is 12.0 Å². The summed E-state index contributed by atoms with van der Waals surface area (Å²) in [6.45, 7) is 0. The van der Waals surface area contributed by atoms with Gasteiger partial charge in [-0.3, -0.25) is 19.7 Å². The number of fused-ring (bicyclic) bond motifs is 1. The van der Waals surface area contributed by atoms with Crippen LogP contribution in [-0.4, -0.2) is 21.8 Å². The Hall–Kier alpha value is -3.82. The number of anilines is 1. The van der Waals surface area contributed by atoms with Crippen LogP contribution in [0.1, 0.15) is 23.1 Å². The monoisotopic (exact) mass is 495 g/mol. The number of rotatable bonds is 8. The first-order valence-electron chi connectivity index (χ1n) is 10.2. The number of thiazole rings is 1. The summed E-state index contributed by atoms with van der Waals surface area (Å²) in [4.78, 5) is 40.6. The summed E-state index contributed by atoms with van der Waals surface area (Å²) in [5.74, 6) is -1.21. The van der Waals surface area contributed by atoms with Crippen LogP contribution in [0.4, 0.5) is 11.4 Å². The van der Waals surface area contributed by atoms with Crippen LogP contribution in [0.25, 0.3) is 10.2 Å². The lowest BCUT2D eigenvalue weighted by molar-refractivity contribution is -0.384. The fourth-order valence-electron chi connectivity index (χ4n) is 3.27. The van der Waals surface area contributed by atoms with Crippen LogP contribution in [-0.2, 0) is 20.7 Å². The number of ether oxygens (including phenoxy) is 1. The van der Waals surface area contributed by atoms with Crippen molar-refractivity contribution in [1.82, 2.24) is 4.98 Å². The van der Waals surface area contributed by atoms with E-state index < -0.39 is 22.9 Å². The van der Waals surface area contributed by atoms with Crippen molar-refractivity contribution in [1.29, 1.82) is 0 Å². The van der Waals surface area contributed by atoms with Crippen LogP contribution in [0.5, 0.6) is 0 Å². The van der Waals surface area contributed by atoms with Crippen LogP contribution >= 0.6 is 22.9 Å². The molecule has 0 bridgehead atoms. The molecule has 0 aliphatic heterocycles. The molecule has 1 atom stereocenters. The molecule has 3 aromatic carbocycles. The Morgan fingerprint density at radius 1 is 1.09 bits per heavy atom. The third kappa shape index (κ3) is 5.56. The normalized spacial score (nSPS) is 11.7. The minimum absolute atomic E-state index is 0.0445. The zero-order chi connectivity index (χ0) is 24.1. The van der Waals surface area contributed by atoms with E-state index in [9.17, 15) is 19.7 Å². The van der Waals surface area contributed by atoms with Gasteiger partial charge in [0.05, 0.1) is 26.6 Å². The Labute approximate surface area is 203 Å². The second-order valence-corrected chi connectivity index (χ2v) is 8.79. The average molecular weight is 496 g/mol. The van der Waals surface area contributed by atoms with E-state index in [4.69, 9.17) is 16.3 Å². The first-order valence-corrected chi connectivity index (χ1v) is 11.4. The molecule has 0 saturated carbocycles. The van der Waals surface area contributed by atoms with Gasteiger partial charge < -0.3 is 10.1 Å². The Morgan fingerprint density at radius 2 is 1.82 bits per heavy atom. The summed E-state index contributed by atoms with van der Waals surface area (Å²) in [5.41, 5.74) is 1.15. The average Bonchev–Trinajstić information content (AvgIpc) is 3.26. The van der Waals surface area contributed by atoms with Crippen LogP contribution in [0.15, 0.2) is 72.8 Å². The predicted octanol–water partition coefficient (Wildman–Crippen LogP) is 5.71. The maximum Gasteiger partial charge on any atom is 0.307 e. The van der Waals surface area contributed by atoms with E-state index in [1.165, 1.54) is 23.5 Å². The molecule has 1 N–H and O–H groups in total. The second-order valence-electron chi connectivity index (χ2n) is 7.27. The Bertz CT molecular complexity index is 1330. The summed E-state index contributed by atoms with van der Waals surface area (Å²) in [7, 11) is 0. The molecule has 172 valence electrons. The number of esters is 1. The second kappa shape index (κ2) is 10.4. The Morgan fingerprint density at radius 3 is 2.56 bits per heavy atom. The summed E-state index contributed by atoms with van der Waals surface area (Å²) in [6, 6.07) is 20.1. The molecule has 0 fully saturated rings. The summed E-state index contributed by atoms with van der Waals surface area (Å²) < 4.78 is 6.57. The number of hydrogen-bond acceptors (Lipinski definition) is 7.